The monoisotopic (exact) mass is 387 g/mol. The first-order valence-corrected chi connectivity index (χ1v) is 9.91. The van der Waals surface area contributed by atoms with Crippen LogP contribution in [0.4, 0.5) is 0 Å². The highest BCUT2D eigenvalue weighted by atomic mass is 35.5. The summed E-state index contributed by atoms with van der Waals surface area (Å²) in [4.78, 5) is 12.9. The molecule has 1 heterocycles. The fraction of sp³-hybridized carbons (Fsp3) is 0.409. The van der Waals surface area contributed by atoms with Crippen molar-refractivity contribution in [2.75, 3.05) is 6.61 Å². The molecule has 4 nitrogen and oxygen atoms in total. The topological polar surface area (TPSA) is 47.6 Å². The second-order valence-electron chi connectivity index (χ2n) is 6.84. The normalized spacial score (nSPS) is 17.6. The van der Waals surface area contributed by atoms with Crippen molar-refractivity contribution >= 4 is 17.5 Å². The summed E-state index contributed by atoms with van der Waals surface area (Å²) < 4.78 is 11.8. The number of ether oxygens (including phenoxy) is 2. The van der Waals surface area contributed by atoms with Gasteiger partial charge in [-0.15, -0.1) is 0 Å². The molecule has 0 radical (unpaired) electrons. The molecule has 2 aromatic carbocycles. The van der Waals surface area contributed by atoms with Crippen LogP contribution in [0.2, 0.25) is 5.02 Å². The smallest absolute Gasteiger partial charge is 0.251 e. The molecule has 0 saturated heterocycles. The number of hydrogen-bond donors (Lipinski definition) is 1. The Morgan fingerprint density at radius 2 is 1.96 bits per heavy atom. The lowest BCUT2D eigenvalue weighted by Gasteiger charge is -2.41. The van der Waals surface area contributed by atoms with Gasteiger partial charge in [0, 0.05) is 17.5 Å². The summed E-state index contributed by atoms with van der Waals surface area (Å²) in [7, 11) is 0. The molecule has 5 heteroatoms. The Bertz CT molecular complexity index is 817. The highest BCUT2D eigenvalue weighted by Gasteiger charge is 2.39. The van der Waals surface area contributed by atoms with Crippen LogP contribution in [0, 0.1) is 0 Å². The maximum Gasteiger partial charge on any atom is 0.251 e. The predicted octanol–water partition coefficient (Wildman–Crippen LogP) is 5.55. The molecule has 27 heavy (non-hydrogen) atoms. The second-order valence-corrected chi connectivity index (χ2v) is 7.25. The Hall–Kier alpha value is -2.20. The Balaban J connectivity index is 1.85. The van der Waals surface area contributed by atoms with Crippen molar-refractivity contribution in [1.29, 1.82) is 0 Å². The highest BCUT2D eigenvalue weighted by Crippen LogP contribution is 2.42. The van der Waals surface area contributed by atoms with Crippen molar-refractivity contribution in [3.63, 3.8) is 0 Å². The van der Waals surface area contributed by atoms with Gasteiger partial charge in [0.2, 0.25) is 0 Å². The highest BCUT2D eigenvalue weighted by molar-refractivity contribution is 6.32. The average Bonchev–Trinajstić information content (AvgIpc) is 2.69. The molecular formula is C22H26ClNO3. The summed E-state index contributed by atoms with van der Waals surface area (Å²) in [6.45, 7) is 6.68. The SMILES string of the molecule is CCOc1ccc(C(=O)NC2CC(CC)(CC)Oc3ccccc32)cc1Cl. The minimum atomic E-state index is -0.261. The molecular weight excluding hydrogens is 362 g/mol. The molecule has 0 spiro atoms. The van der Waals surface area contributed by atoms with Gasteiger partial charge < -0.3 is 14.8 Å². The van der Waals surface area contributed by atoms with E-state index in [2.05, 4.69) is 19.2 Å². The maximum atomic E-state index is 12.9. The second kappa shape index (κ2) is 8.22. The molecule has 1 atom stereocenters. The number of amides is 1. The van der Waals surface area contributed by atoms with Crippen LogP contribution in [-0.4, -0.2) is 18.1 Å². The van der Waals surface area contributed by atoms with E-state index in [9.17, 15) is 4.79 Å². The van der Waals surface area contributed by atoms with E-state index in [1.165, 1.54) is 0 Å². The largest absolute Gasteiger partial charge is 0.492 e. The summed E-state index contributed by atoms with van der Waals surface area (Å²) in [5.41, 5.74) is 1.27. The van der Waals surface area contributed by atoms with Crippen molar-refractivity contribution < 1.29 is 14.3 Å². The molecule has 0 aromatic heterocycles. The van der Waals surface area contributed by atoms with Gasteiger partial charge in [-0.05, 0) is 44.0 Å². The summed E-state index contributed by atoms with van der Waals surface area (Å²) in [6, 6.07) is 13.0. The van der Waals surface area contributed by atoms with Crippen LogP contribution in [0.25, 0.3) is 0 Å². The quantitative estimate of drug-likeness (QED) is 0.706. The molecule has 144 valence electrons. The molecule has 1 aliphatic heterocycles. The molecule has 1 unspecified atom stereocenters. The lowest BCUT2D eigenvalue weighted by molar-refractivity contribution is 0.0227. The van der Waals surface area contributed by atoms with Crippen LogP contribution in [0.15, 0.2) is 42.5 Å². The number of nitrogens with one attached hydrogen (secondary N) is 1. The van der Waals surface area contributed by atoms with E-state index in [1.807, 2.05) is 31.2 Å². The lowest BCUT2D eigenvalue weighted by Crippen LogP contribution is -2.44. The number of fused-ring (bicyclic) bond motifs is 1. The van der Waals surface area contributed by atoms with Crippen LogP contribution >= 0.6 is 11.6 Å². The first-order chi connectivity index (χ1) is 13.0. The minimum Gasteiger partial charge on any atom is -0.492 e. The van der Waals surface area contributed by atoms with Crippen molar-refractivity contribution in [2.24, 2.45) is 0 Å². The number of carbonyl (C=O) groups excluding carboxylic acids is 1. The Labute approximate surface area is 165 Å². The van der Waals surface area contributed by atoms with Gasteiger partial charge in [-0.2, -0.15) is 0 Å². The fourth-order valence-electron chi connectivity index (χ4n) is 3.59. The van der Waals surface area contributed by atoms with Gasteiger partial charge in [-0.25, -0.2) is 0 Å². The molecule has 0 aliphatic carbocycles. The summed E-state index contributed by atoms with van der Waals surface area (Å²) in [6.07, 6.45) is 2.52. The lowest BCUT2D eigenvalue weighted by atomic mass is 9.83. The van der Waals surface area contributed by atoms with Gasteiger partial charge in [0.05, 0.1) is 17.7 Å². The number of carbonyl (C=O) groups is 1. The van der Waals surface area contributed by atoms with Crippen LogP contribution in [0.5, 0.6) is 11.5 Å². The Kier molecular flexibility index (Phi) is 5.95. The van der Waals surface area contributed by atoms with Crippen molar-refractivity contribution in [3.05, 3.63) is 58.6 Å². The third-order valence-electron chi connectivity index (χ3n) is 5.28. The predicted molar refractivity (Wildman–Crippen MR) is 108 cm³/mol. The van der Waals surface area contributed by atoms with Crippen molar-refractivity contribution in [2.45, 2.75) is 51.7 Å². The van der Waals surface area contributed by atoms with Crippen LogP contribution in [0.3, 0.4) is 0 Å². The van der Waals surface area contributed by atoms with Gasteiger partial charge in [-0.3, -0.25) is 4.79 Å². The number of rotatable bonds is 6. The molecule has 3 rings (SSSR count). The Morgan fingerprint density at radius 3 is 2.63 bits per heavy atom. The molecule has 0 saturated carbocycles. The van der Waals surface area contributed by atoms with E-state index in [-0.39, 0.29) is 17.6 Å². The van der Waals surface area contributed by atoms with Gasteiger partial charge >= 0.3 is 0 Å². The van der Waals surface area contributed by atoms with Crippen molar-refractivity contribution in [1.82, 2.24) is 5.32 Å². The van der Waals surface area contributed by atoms with Gasteiger partial charge in [0.1, 0.15) is 17.1 Å². The van der Waals surface area contributed by atoms with Crippen LogP contribution in [-0.2, 0) is 0 Å². The zero-order valence-corrected chi connectivity index (χ0v) is 16.8. The number of hydrogen-bond acceptors (Lipinski definition) is 3. The van der Waals surface area contributed by atoms with Gasteiger partial charge in [-0.1, -0.05) is 43.6 Å². The first-order valence-electron chi connectivity index (χ1n) is 9.53. The zero-order chi connectivity index (χ0) is 19.4. The summed E-state index contributed by atoms with van der Waals surface area (Å²) >= 11 is 6.24. The van der Waals surface area contributed by atoms with Crippen LogP contribution < -0.4 is 14.8 Å². The van der Waals surface area contributed by atoms with Gasteiger partial charge in [0.15, 0.2) is 0 Å². The third-order valence-corrected chi connectivity index (χ3v) is 5.58. The average molecular weight is 388 g/mol. The molecule has 1 amide bonds. The number of benzene rings is 2. The third kappa shape index (κ3) is 4.06. The standard InChI is InChI=1S/C22H26ClNO3/c1-4-22(5-2)14-18(16-9-7-8-10-19(16)27-22)24-21(25)15-11-12-20(26-6-3)17(23)13-15/h7-13,18H,4-6,14H2,1-3H3,(H,24,25). The van der Waals surface area contributed by atoms with Gasteiger partial charge in [0.25, 0.3) is 5.91 Å². The molecule has 1 aliphatic rings. The number of para-hydroxylation sites is 1. The van der Waals surface area contributed by atoms with E-state index in [1.54, 1.807) is 18.2 Å². The fourth-order valence-corrected chi connectivity index (χ4v) is 3.82. The van der Waals surface area contributed by atoms with E-state index < -0.39 is 0 Å². The van der Waals surface area contributed by atoms with Crippen molar-refractivity contribution in [3.8, 4) is 11.5 Å². The minimum absolute atomic E-state index is 0.104. The molecule has 2 aromatic rings. The van der Waals surface area contributed by atoms with E-state index in [0.717, 1.165) is 30.6 Å². The molecule has 0 bridgehead atoms. The zero-order valence-electron chi connectivity index (χ0n) is 16.0. The van der Waals surface area contributed by atoms with E-state index >= 15 is 0 Å². The van der Waals surface area contributed by atoms with Crippen LogP contribution in [0.1, 0.15) is 62.0 Å². The molecule has 0 fully saturated rings. The maximum absolute atomic E-state index is 12.9. The summed E-state index contributed by atoms with van der Waals surface area (Å²) in [5.74, 6) is 1.29. The summed E-state index contributed by atoms with van der Waals surface area (Å²) in [5, 5.41) is 3.61. The first kappa shape index (κ1) is 19.6. The van der Waals surface area contributed by atoms with E-state index in [4.69, 9.17) is 21.1 Å². The molecule has 1 N–H and O–H groups in total. The Morgan fingerprint density at radius 1 is 1.22 bits per heavy atom. The van der Waals surface area contributed by atoms with E-state index in [0.29, 0.717) is 22.9 Å². The number of halogens is 1.